The van der Waals surface area contributed by atoms with Crippen LogP contribution >= 0.6 is 15.9 Å². The van der Waals surface area contributed by atoms with E-state index in [1.807, 2.05) is 4.90 Å². The first-order valence-electron chi connectivity index (χ1n) is 10.3. The molecule has 6 nitrogen and oxygen atoms in total. The third-order valence-corrected chi connectivity index (χ3v) is 6.02. The van der Waals surface area contributed by atoms with Gasteiger partial charge in [-0.2, -0.15) is 0 Å². The van der Waals surface area contributed by atoms with E-state index in [0.29, 0.717) is 33.6 Å². The highest BCUT2D eigenvalue weighted by Gasteiger charge is 2.20. The zero-order chi connectivity index (χ0) is 20.9. The number of rotatable bonds is 6. The predicted molar refractivity (Wildman–Crippen MR) is 118 cm³/mol. The summed E-state index contributed by atoms with van der Waals surface area (Å²) < 4.78 is 12.1. The van der Waals surface area contributed by atoms with Gasteiger partial charge < -0.3 is 19.7 Å². The van der Waals surface area contributed by atoms with E-state index >= 15 is 0 Å². The third kappa shape index (κ3) is 5.02. The zero-order valence-corrected chi connectivity index (χ0v) is 18.3. The Morgan fingerprint density at radius 1 is 1.10 bits per heavy atom. The van der Waals surface area contributed by atoms with Gasteiger partial charge in [-0.1, -0.05) is 6.07 Å². The van der Waals surface area contributed by atoms with Crippen LogP contribution < -0.4 is 10.1 Å². The highest BCUT2D eigenvalue weighted by atomic mass is 79.9. The molecule has 0 radical (unpaired) electrons. The molecular weight excluding hydrogens is 448 g/mol. The van der Waals surface area contributed by atoms with Gasteiger partial charge in [0.1, 0.15) is 12.4 Å². The van der Waals surface area contributed by atoms with Gasteiger partial charge in [-0.25, -0.2) is 0 Å². The molecule has 2 amide bonds. The second-order valence-electron chi connectivity index (χ2n) is 7.63. The van der Waals surface area contributed by atoms with Crippen LogP contribution in [0, 0.1) is 0 Å². The number of amides is 2. The van der Waals surface area contributed by atoms with Gasteiger partial charge >= 0.3 is 0 Å². The zero-order valence-electron chi connectivity index (χ0n) is 16.7. The summed E-state index contributed by atoms with van der Waals surface area (Å²) in [6.07, 6.45) is 4.31. The van der Waals surface area contributed by atoms with Gasteiger partial charge in [-0.05, 0) is 78.0 Å². The van der Waals surface area contributed by atoms with E-state index in [0.717, 1.165) is 45.4 Å². The first-order chi connectivity index (χ1) is 14.6. The van der Waals surface area contributed by atoms with Gasteiger partial charge in [0.2, 0.25) is 0 Å². The van der Waals surface area contributed by atoms with Crippen molar-refractivity contribution in [3.63, 3.8) is 0 Å². The summed E-state index contributed by atoms with van der Waals surface area (Å²) in [6.45, 7) is 2.89. The summed E-state index contributed by atoms with van der Waals surface area (Å²) in [5.74, 6) is 0.450. The lowest BCUT2D eigenvalue weighted by atomic mass is 10.1. The fourth-order valence-corrected chi connectivity index (χ4v) is 4.25. The van der Waals surface area contributed by atoms with E-state index in [2.05, 4.69) is 21.2 Å². The Bertz CT molecular complexity index is 921. The van der Waals surface area contributed by atoms with E-state index in [4.69, 9.17) is 9.47 Å². The number of hydrogen-bond acceptors (Lipinski definition) is 4. The molecule has 158 valence electrons. The van der Waals surface area contributed by atoms with Crippen LogP contribution in [0.2, 0.25) is 0 Å². The smallest absolute Gasteiger partial charge is 0.255 e. The minimum absolute atomic E-state index is 0.0130. The second-order valence-corrected chi connectivity index (χ2v) is 8.48. The minimum Gasteiger partial charge on any atom is -0.490 e. The standard InChI is InChI=1S/C23H25BrN2O4/c24-20-14-16(8-9-21(20)30-15-19-7-4-12-29-19)22(27)25-18-6-3-5-17(13-18)23(28)26-10-1-2-11-26/h3,5-6,8-9,13-14,19H,1-2,4,7,10-12,15H2,(H,25,27). The highest BCUT2D eigenvalue weighted by molar-refractivity contribution is 9.10. The second kappa shape index (κ2) is 9.62. The lowest BCUT2D eigenvalue weighted by Gasteiger charge is -2.16. The molecule has 0 saturated carbocycles. The van der Waals surface area contributed by atoms with Crippen LogP contribution in [0.4, 0.5) is 5.69 Å². The molecule has 2 aromatic carbocycles. The Hall–Kier alpha value is -2.38. The molecule has 7 heteroatoms. The number of carbonyl (C=O) groups excluding carboxylic acids is 2. The average molecular weight is 473 g/mol. The van der Waals surface area contributed by atoms with Crippen LogP contribution in [0.1, 0.15) is 46.4 Å². The van der Waals surface area contributed by atoms with Crippen LogP contribution in [-0.2, 0) is 4.74 Å². The summed E-state index contributed by atoms with van der Waals surface area (Å²) in [5, 5.41) is 2.88. The maximum Gasteiger partial charge on any atom is 0.255 e. The monoisotopic (exact) mass is 472 g/mol. The molecule has 1 atom stereocenters. The van der Waals surface area contributed by atoms with Crippen molar-refractivity contribution in [2.24, 2.45) is 0 Å². The molecule has 0 aromatic heterocycles. The van der Waals surface area contributed by atoms with Crippen molar-refractivity contribution < 1.29 is 19.1 Å². The van der Waals surface area contributed by atoms with Crippen molar-refractivity contribution in [1.82, 2.24) is 4.90 Å². The van der Waals surface area contributed by atoms with Gasteiger partial charge in [-0.3, -0.25) is 9.59 Å². The van der Waals surface area contributed by atoms with Gasteiger partial charge in [0.05, 0.1) is 10.6 Å². The van der Waals surface area contributed by atoms with E-state index < -0.39 is 0 Å². The molecular formula is C23H25BrN2O4. The van der Waals surface area contributed by atoms with Crippen molar-refractivity contribution in [2.45, 2.75) is 31.8 Å². The van der Waals surface area contributed by atoms with E-state index in [-0.39, 0.29) is 17.9 Å². The number of likely N-dealkylation sites (tertiary alicyclic amines) is 1. The SMILES string of the molecule is O=C(Nc1cccc(C(=O)N2CCCC2)c1)c1ccc(OCC2CCCO2)c(Br)c1. The van der Waals surface area contributed by atoms with Crippen molar-refractivity contribution in [1.29, 1.82) is 0 Å². The number of hydrogen-bond donors (Lipinski definition) is 1. The van der Waals surface area contributed by atoms with Crippen molar-refractivity contribution >= 4 is 33.4 Å². The largest absolute Gasteiger partial charge is 0.490 e. The number of nitrogens with one attached hydrogen (secondary N) is 1. The third-order valence-electron chi connectivity index (χ3n) is 5.40. The quantitative estimate of drug-likeness (QED) is 0.671. The van der Waals surface area contributed by atoms with Gasteiger partial charge in [0.15, 0.2) is 0 Å². The number of anilines is 1. The lowest BCUT2D eigenvalue weighted by molar-refractivity contribution is 0.0677. The minimum atomic E-state index is -0.243. The summed E-state index contributed by atoms with van der Waals surface area (Å²) in [7, 11) is 0. The molecule has 2 aliphatic rings. The number of halogens is 1. The maximum atomic E-state index is 12.7. The Morgan fingerprint density at radius 2 is 1.93 bits per heavy atom. The average Bonchev–Trinajstić information content (AvgIpc) is 3.47. The topological polar surface area (TPSA) is 67.9 Å². The van der Waals surface area contributed by atoms with Crippen molar-refractivity contribution in [3.8, 4) is 5.75 Å². The van der Waals surface area contributed by atoms with Gasteiger partial charge in [0, 0.05) is 36.5 Å². The first kappa shape index (κ1) is 20.9. The molecule has 2 aliphatic heterocycles. The Kier molecular flexibility index (Phi) is 6.69. The number of carbonyl (C=O) groups is 2. The Morgan fingerprint density at radius 3 is 2.67 bits per heavy atom. The molecule has 2 fully saturated rings. The summed E-state index contributed by atoms with van der Waals surface area (Å²) in [5.41, 5.74) is 1.69. The van der Waals surface area contributed by atoms with Gasteiger partial charge in [0.25, 0.3) is 11.8 Å². The van der Waals surface area contributed by atoms with Crippen LogP contribution in [0.15, 0.2) is 46.9 Å². The normalized spacial score (nSPS) is 18.4. The van der Waals surface area contributed by atoms with Gasteiger partial charge in [-0.15, -0.1) is 0 Å². The summed E-state index contributed by atoms with van der Waals surface area (Å²) in [6, 6.07) is 12.3. The molecule has 0 spiro atoms. The summed E-state index contributed by atoms with van der Waals surface area (Å²) >= 11 is 3.48. The molecule has 2 saturated heterocycles. The van der Waals surface area contributed by atoms with Crippen LogP contribution in [-0.4, -0.2) is 49.1 Å². The molecule has 0 bridgehead atoms. The lowest BCUT2D eigenvalue weighted by Crippen LogP contribution is -2.27. The van der Waals surface area contributed by atoms with Crippen LogP contribution in [0.3, 0.4) is 0 Å². The van der Waals surface area contributed by atoms with Crippen LogP contribution in [0.5, 0.6) is 5.75 Å². The fourth-order valence-electron chi connectivity index (χ4n) is 3.75. The molecule has 1 N–H and O–H groups in total. The highest BCUT2D eigenvalue weighted by Crippen LogP contribution is 2.27. The van der Waals surface area contributed by atoms with E-state index in [1.54, 1.807) is 42.5 Å². The maximum absolute atomic E-state index is 12.7. The van der Waals surface area contributed by atoms with Crippen molar-refractivity contribution in [2.75, 3.05) is 31.6 Å². The van der Waals surface area contributed by atoms with Crippen molar-refractivity contribution in [3.05, 3.63) is 58.1 Å². The Balaban J connectivity index is 1.39. The van der Waals surface area contributed by atoms with E-state index in [9.17, 15) is 9.59 Å². The molecule has 4 rings (SSSR count). The number of nitrogens with zero attached hydrogens (tertiary/aromatic N) is 1. The molecule has 30 heavy (non-hydrogen) atoms. The fraction of sp³-hybridized carbons (Fsp3) is 0.391. The van der Waals surface area contributed by atoms with Crippen LogP contribution in [0.25, 0.3) is 0 Å². The van der Waals surface area contributed by atoms with E-state index in [1.165, 1.54) is 0 Å². The summed E-state index contributed by atoms with van der Waals surface area (Å²) in [4.78, 5) is 27.1. The molecule has 1 unspecified atom stereocenters. The number of benzene rings is 2. The molecule has 2 aromatic rings. The predicted octanol–water partition coefficient (Wildman–Crippen LogP) is 4.50. The molecule has 2 heterocycles. The molecule has 0 aliphatic carbocycles. The first-order valence-corrected chi connectivity index (χ1v) is 11.1. The number of ether oxygens (including phenoxy) is 2. The Labute approximate surface area is 184 Å².